The van der Waals surface area contributed by atoms with Gasteiger partial charge in [-0.05, 0) is 64.9 Å². The topological polar surface area (TPSA) is 81.4 Å². The Balaban J connectivity index is 1.69. The number of anilines is 1. The average molecular weight is 405 g/mol. The largest absolute Gasteiger partial charge is 0.479 e. The number of nitrogens with one attached hydrogen (secondary N) is 2. The van der Waals surface area contributed by atoms with E-state index in [0.717, 1.165) is 50.6 Å². The Bertz CT molecular complexity index is 737. The van der Waals surface area contributed by atoms with Crippen molar-refractivity contribution in [2.75, 3.05) is 25.6 Å². The first-order valence-electron chi connectivity index (χ1n) is 10.7. The number of imidazole rings is 1. The van der Waals surface area contributed by atoms with Gasteiger partial charge in [0.2, 0.25) is 0 Å². The molecule has 1 atom stereocenters. The molecular formula is C22H36N4O3. The molecule has 1 saturated carbocycles. The molecule has 2 heterocycles. The Morgan fingerprint density at radius 3 is 2.69 bits per heavy atom. The van der Waals surface area contributed by atoms with Gasteiger partial charge in [0.05, 0.1) is 25.0 Å². The minimum atomic E-state index is -0.0661. The maximum atomic E-state index is 8.13. The van der Waals surface area contributed by atoms with Gasteiger partial charge in [-0.2, -0.15) is 4.98 Å². The zero-order chi connectivity index (χ0) is 21.0. The summed E-state index contributed by atoms with van der Waals surface area (Å²) in [6.45, 7) is 12.3. The van der Waals surface area contributed by atoms with Gasteiger partial charge in [-0.15, -0.1) is 0 Å². The van der Waals surface area contributed by atoms with Gasteiger partial charge in [-0.3, -0.25) is 4.57 Å². The van der Waals surface area contributed by atoms with E-state index >= 15 is 0 Å². The highest BCUT2D eigenvalue weighted by Gasteiger charge is 2.29. The Morgan fingerprint density at radius 1 is 1.31 bits per heavy atom. The van der Waals surface area contributed by atoms with E-state index in [9.17, 15) is 0 Å². The van der Waals surface area contributed by atoms with Crippen LogP contribution in [0.3, 0.4) is 0 Å². The zero-order valence-electron chi connectivity index (χ0n) is 18.3. The van der Waals surface area contributed by atoms with Crippen LogP contribution in [0.15, 0.2) is 12.5 Å². The van der Waals surface area contributed by atoms with Gasteiger partial charge in [0.25, 0.3) is 6.01 Å². The number of rotatable bonds is 11. The average Bonchev–Trinajstić information content (AvgIpc) is 3.40. The zero-order valence-corrected chi connectivity index (χ0v) is 18.3. The third-order valence-electron chi connectivity index (χ3n) is 5.79. The molecule has 0 amide bonds. The van der Waals surface area contributed by atoms with Crippen LogP contribution in [0.1, 0.15) is 65.0 Å². The van der Waals surface area contributed by atoms with E-state index in [2.05, 4.69) is 30.7 Å². The summed E-state index contributed by atoms with van der Waals surface area (Å²) in [5.41, 5.74) is 0.882. The molecule has 1 aliphatic carbocycles. The van der Waals surface area contributed by atoms with E-state index in [4.69, 9.17) is 19.6 Å². The van der Waals surface area contributed by atoms with E-state index in [-0.39, 0.29) is 5.60 Å². The van der Waals surface area contributed by atoms with Crippen molar-refractivity contribution in [1.82, 2.24) is 9.55 Å². The van der Waals surface area contributed by atoms with E-state index in [0.29, 0.717) is 35.8 Å². The monoisotopic (exact) mass is 404 g/mol. The second-order valence-corrected chi connectivity index (χ2v) is 8.96. The highest BCUT2D eigenvalue weighted by molar-refractivity contribution is 5.99. The second-order valence-electron chi connectivity index (χ2n) is 8.96. The third kappa shape index (κ3) is 5.98. The Morgan fingerprint density at radius 2 is 2.07 bits per heavy atom. The lowest BCUT2D eigenvalue weighted by Crippen LogP contribution is -2.34. The molecule has 0 bridgehead atoms. The lowest BCUT2D eigenvalue weighted by molar-refractivity contribution is -0.0740. The molecule has 2 N–H and O–H groups in total. The fraction of sp³-hybridized carbons (Fsp3) is 0.727. The van der Waals surface area contributed by atoms with Crippen LogP contribution in [0.25, 0.3) is 0 Å². The summed E-state index contributed by atoms with van der Waals surface area (Å²) in [5.74, 6) is 2.61. The second kappa shape index (κ2) is 9.20. The standard InChI is InChI=1S/C22H36N4O3/c1-15(23)19-20(24-16(2)28-12-9-17-6-7-17)26(21(25-19)27-5)11-8-18-10-13-29-22(3,4)14-18/h17-18,23-24H,2,6-14H2,1,3-5H3. The number of aromatic nitrogens is 2. The molecule has 162 valence electrons. The van der Waals surface area contributed by atoms with E-state index in [1.807, 2.05) is 4.57 Å². The SMILES string of the molecule is C=C(Nc1c(C(C)=N)nc(OC)n1CCC1CCOC(C)(C)C1)OCCC1CC1. The quantitative estimate of drug-likeness (QED) is 0.417. The normalized spacial score (nSPS) is 20.9. The predicted octanol–water partition coefficient (Wildman–Crippen LogP) is 4.57. The molecule has 7 heteroatoms. The van der Waals surface area contributed by atoms with Crippen LogP contribution >= 0.6 is 0 Å². The molecule has 1 aromatic rings. The lowest BCUT2D eigenvalue weighted by Gasteiger charge is -2.35. The Labute approximate surface area is 174 Å². The van der Waals surface area contributed by atoms with Crippen molar-refractivity contribution in [2.24, 2.45) is 11.8 Å². The molecule has 0 spiro atoms. The minimum Gasteiger partial charge on any atom is -0.479 e. The molecule has 0 aromatic carbocycles. The predicted molar refractivity (Wildman–Crippen MR) is 115 cm³/mol. The third-order valence-corrected chi connectivity index (χ3v) is 5.79. The fourth-order valence-electron chi connectivity index (χ4n) is 4.02. The van der Waals surface area contributed by atoms with E-state index < -0.39 is 0 Å². The van der Waals surface area contributed by atoms with Crippen LogP contribution in [0.2, 0.25) is 0 Å². The van der Waals surface area contributed by atoms with Crippen molar-refractivity contribution in [3.63, 3.8) is 0 Å². The van der Waals surface area contributed by atoms with Crippen LogP contribution in [0.5, 0.6) is 6.01 Å². The molecular weight excluding hydrogens is 368 g/mol. The maximum Gasteiger partial charge on any atom is 0.298 e. The molecule has 29 heavy (non-hydrogen) atoms. The first-order valence-corrected chi connectivity index (χ1v) is 10.7. The minimum absolute atomic E-state index is 0.0661. The highest BCUT2D eigenvalue weighted by Crippen LogP contribution is 2.34. The van der Waals surface area contributed by atoms with Crippen LogP contribution in [0, 0.1) is 17.2 Å². The maximum absolute atomic E-state index is 8.13. The number of nitrogens with zero attached hydrogens (tertiary/aromatic N) is 2. The fourth-order valence-corrected chi connectivity index (χ4v) is 4.02. The highest BCUT2D eigenvalue weighted by atomic mass is 16.5. The van der Waals surface area contributed by atoms with Crippen molar-refractivity contribution < 1.29 is 14.2 Å². The lowest BCUT2D eigenvalue weighted by atomic mass is 9.86. The van der Waals surface area contributed by atoms with Gasteiger partial charge in [0.15, 0.2) is 5.88 Å². The summed E-state index contributed by atoms with van der Waals surface area (Å²) in [6.07, 6.45) is 6.80. The number of hydrogen-bond donors (Lipinski definition) is 2. The molecule has 0 radical (unpaired) electrons. The van der Waals surface area contributed by atoms with Crippen LogP contribution in [-0.4, -0.2) is 41.2 Å². The van der Waals surface area contributed by atoms with Crippen molar-refractivity contribution in [2.45, 2.75) is 71.4 Å². The van der Waals surface area contributed by atoms with Crippen molar-refractivity contribution in [1.29, 1.82) is 5.41 Å². The summed E-state index contributed by atoms with van der Waals surface area (Å²) in [7, 11) is 1.62. The first-order chi connectivity index (χ1) is 13.8. The van der Waals surface area contributed by atoms with Gasteiger partial charge in [0, 0.05) is 13.2 Å². The van der Waals surface area contributed by atoms with Gasteiger partial charge >= 0.3 is 0 Å². The van der Waals surface area contributed by atoms with Gasteiger partial charge < -0.3 is 24.9 Å². The van der Waals surface area contributed by atoms with E-state index in [1.165, 1.54) is 12.8 Å². The molecule has 1 unspecified atom stereocenters. The molecule has 1 aromatic heterocycles. The van der Waals surface area contributed by atoms with Crippen LogP contribution in [-0.2, 0) is 16.0 Å². The molecule has 1 aliphatic heterocycles. The van der Waals surface area contributed by atoms with E-state index in [1.54, 1.807) is 14.0 Å². The number of methoxy groups -OCH3 is 1. The van der Waals surface area contributed by atoms with Gasteiger partial charge in [-0.25, -0.2) is 0 Å². The summed E-state index contributed by atoms with van der Waals surface area (Å²) >= 11 is 0. The molecule has 2 fully saturated rings. The van der Waals surface area contributed by atoms with Gasteiger partial charge in [-0.1, -0.05) is 12.8 Å². The number of hydrogen-bond acceptors (Lipinski definition) is 6. The summed E-state index contributed by atoms with van der Waals surface area (Å²) in [6, 6.07) is 0.506. The molecule has 3 rings (SSSR count). The molecule has 2 aliphatic rings. The van der Waals surface area contributed by atoms with Gasteiger partial charge in [0.1, 0.15) is 11.5 Å². The summed E-state index contributed by atoms with van der Waals surface area (Å²) in [4.78, 5) is 4.52. The molecule has 1 saturated heterocycles. The Kier molecular flexibility index (Phi) is 6.88. The Hall–Kier alpha value is -2.02. The number of ether oxygens (including phenoxy) is 3. The first kappa shape index (κ1) is 21.7. The smallest absolute Gasteiger partial charge is 0.298 e. The summed E-state index contributed by atoms with van der Waals surface area (Å²) in [5, 5.41) is 11.4. The van der Waals surface area contributed by atoms with Crippen molar-refractivity contribution >= 4 is 11.5 Å². The summed E-state index contributed by atoms with van der Waals surface area (Å²) < 4.78 is 19.2. The van der Waals surface area contributed by atoms with Crippen molar-refractivity contribution in [3.8, 4) is 6.01 Å². The van der Waals surface area contributed by atoms with Crippen molar-refractivity contribution in [3.05, 3.63) is 18.2 Å². The molecule has 7 nitrogen and oxygen atoms in total. The van der Waals surface area contributed by atoms with Crippen LogP contribution < -0.4 is 10.1 Å². The van der Waals surface area contributed by atoms with Crippen LogP contribution in [0.4, 0.5) is 5.82 Å².